The SMILES string of the molecule is Cc1ccc(CN2C(=O)CS[C@@H]2c2ccc(C(C)C)cc2)cc1. The molecule has 1 fully saturated rings. The number of carbonyl (C=O) groups excluding carboxylic acids is 1. The summed E-state index contributed by atoms with van der Waals surface area (Å²) >= 11 is 1.72. The Bertz CT molecular complexity index is 676. The molecular weight excluding hydrogens is 302 g/mol. The second-order valence-electron chi connectivity index (χ2n) is 6.49. The molecule has 1 aliphatic heterocycles. The van der Waals surface area contributed by atoms with Crippen molar-refractivity contribution >= 4 is 17.7 Å². The van der Waals surface area contributed by atoms with Crippen LogP contribution in [0.25, 0.3) is 0 Å². The second kappa shape index (κ2) is 6.79. The highest BCUT2D eigenvalue weighted by Crippen LogP contribution is 2.39. The molecule has 0 N–H and O–H groups in total. The molecular formula is C20H23NOS. The maximum absolute atomic E-state index is 12.3. The van der Waals surface area contributed by atoms with Crippen LogP contribution < -0.4 is 0 Å². The fourth-order valence-corrected chi connectivity index (χ4v) is 4.02. The van der Waals surface area contributed by atoms with E-state index in [0.717, 1.165) is 0 Å². The maximum Gasteiger partial charge on any atom is 0.234 e. The quantitative estimate of drug-likeness (QED) is 0.797. The molecule has 1 aliphatic rings. The summed E-state index contributed by atoms with van der Waals surface area (Å²) in [5.74, 6) is 1.33. The fourth-order valence-electron chi connectivity index (χ4n) is 2.84. The van der Waals surface area contributed by atoms with E-state index in [1.54, 1.807) is 11.8 Å². The molecule has 0 spiro atoms. The average molecular weight is 325 g/mol. The predicted molar refractivity (Wildman–Crippen MR) is 97.5 cm³/mol. The number of amides is 1. The monoisotopic (exact) mass is 325 g/mol. The average Bonchev–Trinajstić information content (AvgIpc) is 2.91. The summed E-state index contributed by atoms with van der Waals surface area (Å²) in [6.45, 7) is 7.17. The van der Waals surface area contributed by atoms with E-state index in [2.05, 4.69) is 69.3 Å². The number of nitrogens with zero attached hydrogens (tertiary/aromatic N) is 1. The molecule has 2 aromatic carbocycles. The van der Waals surface area contributed by atoms with Gasteiger partial charge in [-0.1, -0.05) is 67.9 Å². The highest BCUT2D eigenvalue weighted by Gasteiger charge is 2.32. The van der Waals surface area contributed by atoms with Gasteiger partial charge in [-0.15, -0.1) is 11.8 Å². The van der Waals surface area contributed by atoms with Crippen LogP contribution in [0.3, 0.4) is 0 Å². The summed E-state index contributed by atoms with van der Waals surface area (Å²) in [5.41, 5.74) is 5.00. The largest absolute Gasteiger partial charge is 0.322 e. The predicted octanol–water partition coefficient (Wildman–Crippen LogP) is 4.89. The van der Waals surface area contributed by atoms with Crippen LogP contribution in [0.15, 0.2) is 48.5 Å². The molecule has 3 rings (SSSR count). The first-order valence-electron chi connectivity index (χ1n) is 8.11. The van der Waals surface area contributed by atoms with Gasteiger partial charge in [0.05, 0.1) is 5.75 Å². The second-order valence-corrected chi connectivity index (χ2v) is 7.56. The van der Waals surface area contributed by atoms with E-state index in [0.29, 0.717) is 18.2 Å². The maximum atomic E-state index is 12.3. The Morgan fingerprint density at radius 1 is 1.09 bits per heavy atom. The van der Waals surface area contributed by atoms with Crippen molar-refractivity contribution in [3.05, 3.63) is 70.8 Å². The number of aryl methyl sites for hydroxylation is 1. The van der Waals surface area contributed by atoms with E-state index >= 15 is 0 Å². The third kappa shape index (κ3) is 3.61. The minimum absolute atomic E-state index is 0.130. The Balaban J connectivity index is 1.80. The molecule has 120 valence electrons. The number of hydrogen-bond donors (Lipinski definition) is 0. The molecule has 3 heteroatoms. The smallest absolute Gasteiger partial charge is 0.234 e. The van der Waals surface area contributed by atoms with Crippen molar-refractivity contribution in [3.8, 4) is 0 Å². The summed E-state index contributed by atoms with van der Waals surface area (Å²) < 4.78 is 0. The van der Waals surface area contributed by atoms with Gasteiger partial charge in [0.25, 0.3) is 0 Å². The Labute approximate surface area is 142 Å². The van der Waals surface area contributed by atoms with Gasteiger partial charge in [-0.05, 0) is 29.5 Å². The third-order valence-corrected chi connectivity index (χ3v) is 5.59. The number of thioether (sulfide) groups is 1. The summed E-state index contributed by atoms with van der Waals surface area (Å²) in [5, 5.41) is 0.130. The molecule has 0 unspecified atom stereocenters. The van der Waals surface area contributed by atoms with Gasteiger partial charge in [-0.25, -0.2) is 0 Å². The first-order chi connectivity index (χ1) is 11.0. The summed E-state index contributed by atoms with van der Waals surface area (Å²) in [7, 11) is 0. The summed E-state index contributed by atoms with van der Waals surface area (Å²) in [6, 6.07) is 17.2. The molecule has 0 saturated carbocycles. The van der Waals surface area contributed by atoms with Crippen molar-refractivity contribution < 1.29 is 4.79 Å². The lowest BCUT2D eigenvalue weighted by molar-refractivity contribution is -0.128. The van der Waals surface area contributed by atoms with Gasteiger partial charge in [0.1, 0.15) is 5.37 Å². The van der Waals surface area contributed by atoms with Gasteiger partial charge in [0, 0.05) is 6.54 Å². The van der Waals surface area contributed by atoms with E-state index in [1.165, 1.54) is 22.3 Å². The van der Waals surface area contributed by atoms with Gasteiger partial charge in [-0.2, -0.15) is 0 Å². The standard InChI is InChI=1S/C20H23NOS/c1-14(2)17-8-10-18(11-9-17)20-21(19(22)13-23-20)12-16-6-4-15(3)5-7-16/h4-11,14,20H,12-13H2,1-3H3/t20-/m1/s1. The van der Waals surface area contributed by atoms with Crippen LogP contribution in [0.5, 0.6) is 0 Å². The minimum atomic E-state index is 0.130. The van der Waals surface area contributed by atoms with E-state index < -0.39 is 0 Å². The molecule has 23 heavy (non-hydrogen) atoms. The van der Waals surface area contributed by atoms with Crippen LogP contribution in [0.4, 0.5) is 0 Å². The number of carbonyl (C=O) groups is 1. The zero-order chi connectivity index (χ0) is 16.4. The molecule has 0 aromatic heterocycles. The normalized spacial score (nSPS) is 18.0. The van der Waals surface area contributed by atoms with Crippen LogP contribution >= 0.6 is 11.8 Å². The summed E-state index contributed by atoms with van der Waals surface area (Å²) in [4.78, 5) is 14.3. The third-order valence-electron chi connectivity index (χ3n) is 4.33. The first kappa shape index (κ1) is 16.1. The molecule has 1 saturated heterocycles. The van der Waals surface area contributed by atoms with Gasteiger partial charge in [0.2, 0.25) is 5.91 Å². The minimum Gasteiger partial charge on any atom is -0.322 e. The number of rotatable bonds is 4. The highest BCUT2D eigenvalue weighted by molar-refractivity contribution is 8.00. The lowest BCUT2D eigenvalue weighted by Gasteiger charge is -2.24. The Morgan fingerprint density at radius 3 is 2.35 bits per heavy atom. The molecule has 0 radical (unpaired) electrons. The van der Waals surface area contributed by atoms with Crippen molar-refractivity contribution in [2.45, 2.75) is 38.6 Å². The van der Waals surface area contributed by atoms with Gasteiger partial charge < -0.3 is 4.90 Å². The van der Waals surface area contributed by atoms with Crippen LogP contribution in [0, 0.1) is 6.92 Å². The van der Waals surface area contributed by atoms with Gasteiger partial charge in [0.15, 0.2) is 0 Å². The molecule has 1 amide bonds. The number of benzene rings is 2. The van der Waals surface area contributed by atoms with Crippen molar-refractivity contribution in [1.82, 2.24) is 4.90 Å². The molecule has 1 atom stereocenters. The van der Waals surface area contributed by atoms with Gasteiger partial charge >= 0.3 is 0 Å². The molecule has 2 nitrogen and oxygen atoms in total. The van der Waals surface area contributed by atoms with Gasteiger partial charge in [-0.3, -0.25) is 4.79 Å². The highest BCUT2D eigenvalue weighted by atomic mass is 32.2. The lowest BCUT2D eigenvalue weighted by Crippen LogP contribution is -2.27. The Hall–Kier alpha value is -1.74. The van der Waals surface area contributed by atoms with Crippen molar-refractivity contribution in [1.29, 1.82) is 0 Å². The Morgan fingerprint density at radius 2 is 1.74 bits per heavy atom. The van der Waals surface area contributed by atoms with Crippen LogP contribution in [-0.2, 0) is 11.3 Å². The fraction of sp³-hybridized carbons (Fsp3) is 0.350. The first-order valence-corrected chi connectivity index (χ1v) is 9.16. The zero-order valence-electron chi connectivity index (χ0n) is 14.0. The van der Waals surface area contributed by atoms with E-state index in [1.807, 2.05) is 4.90 Å². The molecule has 0 bridgehead atoms. The molecule has 2 aromatic rings. The summed E-state index contributed by atoms with van der Waals surface area (Å²) in [6.07, 6.45) is 0. The van der Waals surface area contributed by atoms with Crippen LogP contribution in [0.2, 0.25) is 0 Å². The van der Waals surface area contributed by atoms with E-state index in [-0.39, 0.29) is 11.3 Å². The topological polar surface area (TPSA) is 20.3 Å². The van der Waals surface area contributed by atoms with E-state index in [4.69, 9.17) is 0 Å². The van der Waals surface area contributed by atoms with E-state index in [9.17, 15) is 4.79 Å². The number of hydrogen-bond acceptors (Lipinski definition) is 2. The Kier molecular flexibility index (Phi) is 4.76. The van der Waals surface area contributed by atoms with Crippen LogP contribution in [0.1, 0.15) is 47.4 Å². The van der Waals surface area contributed by atoms with Crippen LogP contribution in [-0.4, -0.2) is 16.6 Å². The molecule has 0 aliphatic carbocycles. The lowest BCUT2D eigenvalue weighted by atomic mass is 10.0. The van der Waals surface area contributed by atoms with Crippen molar-refractivity contribution in [2.75, 3.05) is 5.75 Å². The molecule has 1 heterocycles. The van der Waals surface area contributed by atoms with Crippen molar-refractivity contribution in [2.24, 2.45) is 0 Å². The zero-order valence-corrected chi connectivity index (χ0v) is 14.8. The van der Waals surface area contributed by atoms with Crippen molar-refractivity contribution in [3.63, 3.8) is 0 Å².